The van der Waals surface area contributed by atoms with Gasteiger partial charge in [-0.2, -0.15) is 0 Å². The molecular formula is C22H36O5. The van der Waals surface area contributed by atoms with Crippen molar-refractivity contribution >= 4 is 0 Å². The lowest BCUT2D eigenvalue weighted by atomic mass is 9.98. The summed E-state index contributed by atoms with van der Waals surface area (Å²) in [4.78, 5) is 0. The molecule has 0 spiro atoms. The first-order valence-electron chi connectivity index (χ1n) is 10.1. The molecule has 2 rings (SSSR count). The third kappa shape index (κ3) is 7.51. The Morgan fingerprint density at radius 1 is 1.22 bits per heavy atom. The molecule has 27 heavy (non-hydrogen) atoms. The van der Waals surface area contributed by atoms with E-state index in [-0.39, 0.29) is 18.3 Å². The maximum Gasteiger partial charge on any atom is 0.163 e. The summed E-state index contributed by atoms with van der Waals surface area (Å²) in [5.41, 5.74) is 1.11. The Balaban J connectivity index is 1.99. The highest BCUT2D eigenvalue weighted by Crippen LogP contribution is 2.29. The fourth-order valence-corrected chi connectivity index (χ4v) is 3.43. The lowest BCUT2D eigenvalue weighted by molar-refractivity contribution is -0.164. The smallest absolute Gasteiger partial charge is 0.163 e. The molecule has 1 aliphatic heterocycles. The van der Waals surface area contributed by atoms with Gasteiger partial charge >= 0.3 is 0 Å². The maximum atomic E-state index is 10.6. The van der Waals surface area contributed by atoms with Gasteiger partial charge in [0.1, 0.15) is 6.10 Å². The Kier molecular flexibility index (Phi) is 9.19. The van der Waals surface area contributed by atoms with E-state index in [4.69, 9.17) is 18.9 Å². The van der Waals surface area contributed by atoms with E-state index in [1.54, 1.807) is 7.11 Å². The number of aliphatic hydroxyl groups is 1. The largest absolute Gasteiger partial charge is 0.390 e. The van der Waals surface area contributed by atoms with E-state index in [9.17, 15) is 5.11 Å². The minimum atomic E-state index is -0.610. The summed E-state index contributed by atoms with van der Waals surface area (Å²) in [5.74, 6) is -0.610. The zero-order chi connectivity index (χ0) is 19.7. The predicted octanol–water partition coefficient (Wildman–Crippen LogP) is 4.07. The molecule has 0 unspecified atom stereocenters. The van der Waals surface area contributed by atoms with Crippen molar-refractivity contribution in [1.82, 2.24) is 0 Å². The van der Waals surface area contributed by atoms with E-state index >= 15 is 0 Å². The third-order valence-electron chi connectivity index (χ3n) is 5.05. The molecule has 0 bridgehead atoms. The molecule has 0 aromatic heterocycles. The number of aliphatic hydroxyl groups excluding tert-OH is 1. The van der Waals surface area contributed by atoms with Gasteiger partial charge in [-0.1, -0.05) is 56.5 Å². The van der Waals surface area contributed by atoms with Crippen molar-refractivity contribution in [2.75, 3.05) is 13.7 Å². The highest BCUT2D eigenvalue weighted by atomic mass is 16.7. The molecule has 0 amide bonds. The minimum absolute atomic E-state index is 0.177. The second-order valence-electron chi connectivity index (χ2n) is 7.78. The molecule has 5 heteroatoms. The summed E-state index contributed by atoms with van der Waals surface area (Å²) in [6, 6.07) is 10.1. The molecule has 5 nitrogen and oxygen atoms in total. The zero-order valence-electron chi connectivity index (χ0n) is 17.2. The Hall–Kier alpha value is -0.980. The highest BCUT2D eigenvalue weighted by Gasteiger charge is 2.39. The van der Waals surface area contributed by atoms with Crippen LogP contribution in [0.15, 0.2) is 30.3 Å². The SMILES string of the molecule is CCCCC[C@@H](O)[C@@H](C[C@H](OCc1ccccc1)[C@H]1COC(C)(C)O1)OC. The van der Waals surface area contributed by atoms with E-state index in [0.29, 0.717) is 19.6 Å². The quantitative estimate of drug-likeness (QED) is 0.554. The van der Waals surface area contributed by atoms with Gasteiger partial charge in [-0.15, -0.1) is 0 Å². The summed E-state index contributed by atoms with van der Waals surface area (Å²) in [7, 11) is 1.65. The fraction of sp³-hybridized carbons (Fsp3) is 0.727. The van der Waals surface area contributed by atoms with E-state index in [1.807, 2.05) is 44.2 Å². The Bertz CT molecular complexity index is 519. The second kappa shape index (κ2) is 11.1. The van der Waals surface area contributed by atoms with Gasteiger partial charge in [-0.3, -0.25) is 0 Å². The topological polar surface area (TPSA) is 57.2 Å². The van der Waals surface area contributed by atoms with Crippen LogP contribution in [0.2, 0.25) is 0 Å². The first kappa shape index (κ1) is 22.3. The zero-order valence-corrected chi connectivity index (χ0v) is 17.2. The average molecular weight is 381 g/mol. The molecule has 1 heterocycles. The molecule has 1 fully saturated rings. The molecule has 1 aliphatic rings. The van der Waals surface area contributed by atoms with Gasteiger partial charge < -0.3 is 24.1 Å². The van der Waals surface area contributed by atoms with Crippen LogP contribution in [0.3, 0.4) is 0 Å². The summed E-state index contributed by atoms with van der Waals surface area (Å²) in [6.45, 7) is 6.96. The van der Waals surface area contributed by atoms with Crippen molar-refractivity contribution in [1.29, 1.82) is 0 Å². The predicted molar refractivity (Wildman–Crippen MR) is 105 cm³/mol. The van der Waals surface area contributed by atoms with Crippen molar-refractivity contribution in [2.24, 2.45) is 0 Å². The van der Waals surface area contributed by atoms with Gasteiger partial charge in [-0.25, -0.2) is 0 Å². The lowest BCUT2D eigenvalue weighted by Crippen LogP contribution is -2.40. The van der Waals surface area contributed by atoms with Gasteiger partial charge in [0.05, 0.1) is 31.5 Å². The molecule has 154 valence electrons. The van der Waals surface area contributed by atoms with Crippen LogP contribution >= 0.6 is 0 Å². The Labute approximate surface area is 164 Å². The fourth-order valence-electron chi connectivity index (χ4n) is 3.43. The van der Waals surface area contributed by atoms with Crippen molar-refractivity contribution in [3.8, 4) is 0 Å². The molecular weight excluding hydrogens is 344 g/mol. The van der Waals surface area contributed by atoms with Crippen molar-refractivity contribution in [2.45, 2.75) is 89.7 Å². The number of ether oxygens (including phenoxy) is 4. The van der Waals surface area contributed by atoms with Crippen LogP contribution in [-0.2, 0) is 25.6 Å². The van der Waals surface area contributed by atoms with E-state index in [0.717, 1.165) is 31.2 Å². The summed E-state index contributed by atoms with van der Waals surface area (Å²) in [5, 5.41) is 10.6. The van der Waals surface area contributed by atoms with Crippen LogP contribution in [0.25, 0.3) is 0 Å². The minimum Gasteiger partial charge on any atom is -0.390 e. The average Bonchev–Trinajstić information content (AvgIpc) is 3.02. The molecule has 4 atom stereocenters. The van der Waals surface area contributed by atoms with E-state index in [1.165, 1.54) is 0 Å². The molecule has 0 saturated carbocycles. The summed E-state index contributed by atoms with van der Waals surface area (Å²) < 4.78 is 23.6. The van der Waals surface area contributed by atoms with Crippen molar-refractivity contribution in [3.05, 3.63) is 35.9 Å². The monoisotopic (exact) mass is 380 g/mol. The molecule has 1 N–H and O–H groups in total. The second-order valence-corrected chi connectivity index (χ2v) is 7.78. The van der Waals surface area contributed by atoms with Crippen molar-refractivity contribution in [3.63, 3.8) is 0 Å². The molecule has 1 aromatic carbocycles. The van der Waals surface area contributed by atoms with Gasteiger partial charge in [0.25, 0.3) is 0 Å². The Morgan fingerprint density at radius 3 is 2.56 bits per heavy atom. The van der Waals surface area contributed by atoms with Crippen LogP contribution in [-0.4, -0.2) is 49.0 Å². The van der Waals surface area contributed by atoms with Crippen LogP contribution in [0.4, 0.5) is 0 Å². The highest BCUT2D eigenvalue weighted by molar-refractivity contribution is 5.13. The maximum absolute atomic E-state index is 10.6. The standard InChI is InChI=1S/C22H36O5/c1-5-6-8-13-18(23)19(24-4)14-20(21-16-26-22(2,3)27-21)25-15-17-11-9-7-10-12-17/h7,9-12,18-21,23H,5-6,8,13-16H2,1-4H3/t18-,19-,20+,21-/m1/s1. The number of unbranched alkanes of at least 4 members (excludes halogenated alkanes) is 2. The van der Waals surface area contributed by atoms with E-state index in [2.05, 4.69) is 6.92 Å². The summed E-state index contributed by atoms with van der Waals surface area (Å²) >= 11 is 0. The lowest BCUT2D eigenvalue weighted by Gasteiger charge is -2.30. The molecule has 1 saturated heterocycles. The number of methoxy groups -OCH3 is 1. The van der Waals surface area contributed by atoms with Gasteiger partial charge in [0.2, 0.25) is 0 Å². The number of hydrogen-bond donors (Lipinski definition) is 1. The van der Waals surface area contributed by atoms with Gasteiger partial charge in [0, 0.05) is 13.5 Å². The molecule has 0 aliphatic carbocycles. The third-order valence-corrected chi connectivity index (χ3v) is 5.05. The Morgan fingerprint density at radius 2 is 1.96 bits per heavy atom. The summed E-state index contributed by atoms with van der Waals surface area (Å²) in [6.07, 6.45) is 3.40. The number of rotatable bonds is 12. The first-order chi connectivity index (χ1) is 12.9. The normalized spacial score (nSPS) is 22.5. The molecule has 0 radical (unpaired) electrons. The first-order valence-corrected chi connectivity index (χ1v) is 10.1. The molecule has 1 aromatic rings. The van der Waals surface area contributed by atoms with Gasteiger partial charge in [0.15, 0.2) is 5.79 Å². The van der Waals surface area contributed by atoms with Crippen molar-refractivity contribution < 1.29 is 24.1 Å². The van der Waals surface area contributed by atoms with Crippen LogP contribution in [0.5, 0.6) is 0 Å². The van der Waals surface area contributed by atoms with Crippen LogP contribution < -0.4 is 0 Å². The van der Waals surface area contributed by atoms with E-state index < -0.39 is 11.9 Å². The van der Waals surface area contributed by atoms with Crippen LogP contribution in [0, 0.1) is 0 Å². The number of hydrogen-bond acceptors (Lipinski definition) is 5. The van der Waals surface area contributed by atoms with Crippen LogP contribution in [0.1, 0.15) is 58.4 Å². The van der Waals surface area contributed by atoms with Gasteiger partial charge in [-0.05, 0) is 25.8 Å². The number of benzene rings is 1.